The molecule has 146 valence electrons. The van der Waals surface area contributed by atoms with Crippen LogP contribution in [0.25, 0.3) is 0 Å². The standard InChI is InChI=1S/C21H27BrN2O3/c1-25-19-12-17(13-20(26-2)21(19)27-3)15-24-9-7-23(8-10-24)14-16-5-4-6-18(22)11-16/h4-6,11-13H,7-10,14-15H2,1-3H3. The number of hydrogen-bond acceptors (Lipinski definition) is 5. The fourth-order valence-corrected chi connectivity index (χ4v) is 3.93. The molecule has 1 heterocycles. The zero-order valence-corrected chi connectivity index (χ0v) is 17.8. The third-order valence-corrected chi connectivity index (χ3v) is 5.38. The summed E-state index contributed by atoms with van der Waals surface area (Å²) in [6, 6.07) is 12.6. The largest absolute Gasteiger partial charge is 0.493 e. The van der Waals surface area contributed by atoms with E-state index in [0.29, 0.717) is 17.2 Å². The van der Waals surface area contributed by atoms with Crippen molar-refractivity contribution in [1.82, 2.24) is 9.80 Å². The number of rotatable bonds is 7. The van der Waals surface area contributed by atoms with Crippen LogP contribution in [0.4, 0.5) is 0 Å². The van der Waals surface area contributed by atoms with Crippen LogP contribution in [0.3, 0.4) is 0 Å². The second kappa shape index (κ2) is 9.44. The van der Waals surface area contributed by atoms with Crippen molar-refractivity contribution in [1.29, 1.82) is 0 Å². The highest BCUT2D eigenvalue weighted by atomic mass is 79.9. The summed E-state index contributed by atoms with van der Waals surface area (Å²) in [6.07, 6.45) is 0. The second-order valence-corrected chi connectivity index (χ2v) is 7.63. The topological polar surface area (TPSA) is 34.2 Å². The maximum Gasteiger partial charge on any atom is 0.203 e. The Bertz CT molecular complexity index is 736. The normalized spacial score (nSPS) is 15.6. The lowest BCUT2D eigenvalue weighted by molar-refractivity contribution is 0.122. The lowest BCUT2D eigenvalue weighted by atomic mass is 10.1. The summed E-state index contributed by atoms with van der Waals surface area (Å²) >= 11 is 3.55. The number of ether oxygens (including phenoxy) is 3. The Hall–Kier alpha value is -1.76. The van der Waals surface area contributed by atoms with E-state index in [0.717, 1.165) is 43.7 Å². The first-order valence-electron chi connectivity index (χ1n) is 9.11. The lowest BCUT2D eigenvalue weighted by Gasteiger charge is -2.35. The molecule has 0 bridgehead atoms. The molecule has 0 spiro atoms. The molecule has 27 heavy (non-hydrogen) atoms. The zero-order valence-electron chi connectivity index (χ0n) is 16.2. The van der Waals surface area contributed by atoms with Crippen LogP contribution in [0.5, 0.6) is 17.2 Å². The van der Waals surface area contributed by atoms with Crippen LogP contribution < -0.4 is 14.2 Å². The predicted molar refractivity (Wildman–Crippen MR) is 111 cm³/mol. The number of piperazine rings is 1. The average molecular weight is 435 g/mol. The second-order valence-electron chi connectivity index (χ2n) is 6.72. The monoisotopic (exact) mass is 434 g/mol. The average Bonchev–Trinajstić information content (AvgIpc) is 2.68. The van der Waals surface area contributed by atoms with E-state index in [2.05, 4.69) is 50.0 Å². The smallest absolute Gasteiger partial charge is 0.203 e. The maximum atomic E-state index is 5.47. The Morgan fingerprint density at radius 1 is 0.778 bits per heavy atom. The Morgan fingerprint density at radius 3 is 1.81 bits per heavy atom. The van der Waals surface area contributed by atoms with Gasteiger partial charge in [0.05, 0.1) is 21.3 Å². The van der Waals surface area contributed by atoms with Crippen molar-refractivity contribution in [3.05, 3.63) is 52.0 Å². The fourth-order valence-electron chi connectivity index (χ4n) is 3.48. The molecule has 0 amide bonds. The van der Waals surface area contributed by atoms with Crippen LogP contribution in [-0.4, -0.2) is 57.3 Å². The third kappa shape index (κ3) is 5.15. The highest BCUT2D eigenvalue weighted by molar-refractivity contribution is 9.10. The molecule has 5 nitrogen and oxygen atoms in total. The minimum absolute atomic E-state index is 0.641. The molecule has 2 aromatic carbocycles. The van der Waals surface area contributed by atoms with Crippen molar-refractivity contribution < 1.29 is 14.2 Å². The van der Waals surface area contributed by atoms with Gasteiger partial charge in [-0.15, -0.1) is 0 Å². The minimum atomic E-state index is 0.641. The molecule has 3 rings (SSSR count). The molecule has 0 unspecified atom stereocenters. The molecule has 0 atom stereocenters. The van der Waals surface area contributed by atoms with Gasteiger partial charge in [-0.25, -0.2) is 0 Å². The number of halogens is 1. The third-order valence-electron chi connectivity index (χ3n) is 4.89. The van der Waals surface area contributed by atoms with E-state index in [4.69, 9.17) is 14.2 Å². The minimum Gasteiger partial charge on any atom is -0.493 e. The summed E-state index contributed by atoms with van der Waals surface area (Å²) in [7, 11) is 4.94. The fraction of sp³-hybridized carbons (Fsp3) is 0.429. The highest BCUT2D eigenvalue weighted by Gasteiger charge is 2.19. The van der Waals surface area contributed by atoms with Gasteiger partial charge in [-0.05, 0) is 35.4 Å². The van der Waals surface area contributed by atoms with E-state index in [-0.39, 0.29) is 0 Å². The summed E-state index contributed by atoms with van der Waals surface area (Å²) in [6.45, 7) is 6.10. The Morgan fingerprint density at radius 2 is 1.33 bits per heavy atom. The van der Waals surface area contributed by atoms with Gasteiger partial charge in [-0.1, -0.05) is 28.1 Å². The van der Waals surface area contributed by atoms with E-state index in [1.165, 1.54) is 11.1 Å². The van der Waals surface area contributed by atoms with E-state index in [9.17, 15) is 0 Å². The molecule has 1 fully saturated rings. The SMILES string of the molecule is COc1cc(CN2CCN(Cc3cccc(Br)c3)CC2)cc(OC)c1OC. The quantitative estimate of drug-likeness (QED) is 0.661. The molecule has 1 aliphatic heterocycles. The first kappa shape index (κ1) is 20.0. The van der Waals surface area contributed by atoms with Gasteiger partial charge in [0.1, 0.15) is 0 Å². The number of benzene rings is 2. The van der Waals surface area contributed by atoms with E-state index in [1.54, 1.807) is 21.3 Å². The van der Waals surface area contributed by atoms with Crippen molar-refractivity contribution in [2.75, 3.05) is 47.5 Å². The first-order chi connectivity index (χ1) is 13.1. The van der Waals surface area contributed by atoms with Gasteiger partial charge in [0.25, 0.3) is 0 Å². The number of hydrogen-bond donors (Lipinski definition) is 0. The Balaban J connectivity index is 1.59. The van der Waals surface area contributed by atoms with Gasteiger partial charge >= 0.3 is 0 Å². The molecular formula is C21H27BrN2O3. The summed E-state index contributed by atoms with van der Waals surface area (Å²) in [5.41, 5.74) is 2.52. The van der Waals surface area contributed by atoms with Crippen molar-refractivity contribution in [2.45, 2.75) is 13.1 Å². The predicted octanol–water partition coefficient (Wildman–Crippen LogP) is 3.79. The molecule has 0 aromatic heterocycles. The van der Waals surface area contributed by atoms with Gasteiger partial charge in [0.15, 0.2) is 11.5 Å². The van der Waals surface area contributed by atoms with E-state index >= 15 is 0 Å². The van der Waals surface area contributed by atoms with Crippen molar-refractivity contribution in [3.63, 3.8) is 0 Å². The van der Waals surface area contributed by atoms with Crippen molar-refractivity contribution >= 4 is 15.9 Å². The molecule has 6 heteroatoms. The first-order valence-corrected chi connectivity index (χ1v) is 9.90. The van der Waals surface area contributed by atoms with Gasteiger partial charge in [0, 0.05) is 43.7 Å². The molecule has 0 saturated carbocycles. The lowest BCUT2D eigenvalue weighted by Crippen LogP contribution is -2.45. The summed E-state index contributed by atoms with van der Waals surface area (Å²) in [5, 5.41) is 0. The van der Waals surface area contributed by atoms with E-state index in [1.807, 2.05) is 12.1 Å². The van der Waals surface area contributed by atoms with Gasteiger partial charge in [-0.3, -0.25) is 9.80 Å². The summed E-state index contributed by atoms with van der Waals surface area (Å²) in [5.74, 6) is 2.06. The van der Waals surface area contributed by atoms with Crippen LogP contribution in [0.2, 0.25) is 0 Å². The van der Waals surface area contributed by atoms with Crippen LogP contribution in [0.15, 0.2) is 40.9 Å². The van der Waals surface area contributed by atoms with Crippen molar-refractivity contribution in [2.24, 2.45) is 0 Å². The van der Waals surface area contributed by atoms with Crippen LogP contribution in [0.1, 0.15) is 11.1 Å². The van der Waals surface area contributed by atoms with Crippen LogP contribution in [0, 0.1) is 0 Å². The van der Waals surface area contributed by atoms with Crippen molar-refractivity contribution in [3.8, 4) is 17.2 Å². The molecular weight excluding hydrogens is 408 g/mol. The van der Waals surface area contributed by atoms with Gasteiger partial charge in [-0.2, -0.15) is 0 Å². The summed E-state index contributed by atoms with van der Waals surface area (Å²) in [4.78, 5) is 4.98. The molecule has 2 aromatic rings. The molecule has 0 N–H and O–H groups in total. The van der Waals surface area contributed by atoms with E-state index < -0.39 is 0 Å². The zero-order chi connectivity index (χ0) is 19.2. The number of nitrogens with zero attached hydrogens (tertiary/aromatic N) is 2. The Kier molecular flexibility index (Phi) is 6.99. The maximum absolute atomic E-state index is 5.47. The Labute approximate surface area is 169 Å². The molecule has 0 radical (unpaired) electrons. The van der Waals surface area contributed by atoms with Crippen LogP contribution in [-0.2, 0) is 13.1 Å². The van der Waals surface area contributed by atoms with Gasteiger partial charge < -0.3 is 14.2 Å². The van der Waals surface area contributed by atoms with Crippen LogP contribution >= 0.6 is 15.9 Å². The number of methoxy groups -OCH3 is 3. The summed E-state index contributed by atoms with van der Waals surface area (Å²) < 4.78 is 17.5. The highest BCUT2D eigenvalue weighted by Crippen LogP contribution is 2.38. The molecule has 1 saturated heterocycles. The molecule has 0 aliphatic carbocycles. The molecule has 1 aliphatic rings. The van der Waals surface area contributed by atoms with Gasteiger partial charge in [0.2, 0.25) is 5.75 Å².